The molecule has 1 N–H and O–H groups in total. The summed E-state index contributed by atoms with van der Waals surface area (Å²) in [5.74, 6) is -0.368. The van der Waals surface area contributed by atoms with E-state index in [1.807, 2.05) is 42.5 Å². The molecule has 0 unspecified atom stereocenters. The largest absolute Gasteiger partial charge is 0.325 e. The average Bonchev–Trinajstić information content (AvgIpc) is 3.27. The predicted octanol–water partition coefficient (Wildman–Crippen LogP) is 2.88. The van der Waals surface area contributed by atoms with Crippen molar-refractivity contribution in [3.05, 3.63) is 81.7 Å². The molecule has 3 heterocycles. The van der Waals surface area contributed by atoms with Gasteiger partial charge < -0.3 is 5.32 Å². The lowest BCUT2D eigenvalue weighted by molar-refractivity contribution is -0.131. The number of nitrogens with one attached hydrogen (secondary N) is 1. The number of hydrogen-bond acceptors (Lipinski definition) is 5. The highest BCUT2D eigenvalue weighted by Gasteiger charge is 2.49. The molecule has 0 spiro atoms. The first-order valence-electron chi connectivity index (χ1n) is 9.05. The molecule has 7 nitrogen and oxygen atoms in total. The van der Waals surface area contributed by atoms with Gasteiger partial charge in [-0.25, -0.2) is 9.78 Å². The second-order valence-electron chi connectivity index (χ2n) is 7.11. The second-order valence-corrected chi connectivity index (χ2v) is 7.99. The molecular formula is C21H16N4O3S. The van der Waals surface area contributed by atoms with Crippen LogP contribution in [0.5, 0.6) is 0 Å². The molecule has 1 fully saturated rings. The van der Waals surface area contributed by atoms with E-state index in [4.69, 9.17) is 0 Å². The smallest absolute Gasteiger partial charge is 0.319 e. The van der Waals surface area contributed by atoms with Gasteiger partial charge in [0.1, 0.15) is 5.54 Å². The third kappa shape index (κ3) is 2.64. The molecule has 2 aromatic heterocycles. The Labute approximate surface area is 169 Å². The van der Waals surface area contributed by atoms with Gasteiger partial charge in [0, 0.05) is 17.6 Å². The van der Waals surface area contributed by atoms with Crippen LogP contribution < -0.4 is 10.9 Å². The van der Waals surface area contributed by atoms with Gasteiger partial charge in [-0.1, -0.05) is 42.5 Å². The Kier molecular flexibility index (Phi) is 3.78. The second kappa shape index (κ2) is 6.25. The Morgan fingerprint density at radius 2 is 1.90 bits per heavy atom. The average molecular weight is 404 g/mol. The molecule has 0 aliphatic carbocycles. The number of aromatic nitrogens is 2. The summed E-state index contributed by atoms with van der Waals surface area (Å²) in [4.78, 5) is 44.3. The Morgan fingerprint density at radius 3 is 2.76 bits per heavy atom. The maximum Gasteiger partial charge on any atom is 0.325 e. The fourth-order valence-corrected chi connectivity index (χ4v) is 4.55. The van der Waals surface area contributed by atoms with Gasteiger partial charge in [0.15, 0.2) is 4.96 Å². The van der Waals surface area contributed by atoms with Crippen molar-refractivity contribution in [2.75, 3.05) is 0 Å². The first kappa shape index (κ1) is 17.6. The topological polar surface area (TPSA) is 83.8 Å². The minimum Gasteiger partial charge on any atom is -0.319 e. The van der Waals surface area contributed by atoms with E-state index in [2.05, 4.69) is 10.3 Å². The number of hydrogen-bond donors (Lipinski definition) is 1. The molecule has 5 rings (SSSR count). The van der Waals surface area contributed by atoms with Gasteiger partial charge in [-0.2, -0.15) is 0 Å². The lowest BCUT2D eigenvalue weighted by Crippen LogP contribution is -2.41. The van der Waals surface area contributed by atoms with Gasteiger partial charge in [-0.3, -0.25) is 18.9 Å². The number of urea groups is 1. The summed E-state index contributed by atoms with van der Waals surface area (Å²) in [5, 5.41) is 6.49. The molecule has 29 heavy (non-hydrogen) atoms. The molecule has 4 aromatic rings. The Balaban J connectivity index is 1.54. The number of fused-ring (bicyclic) bond motifs is 2. The normalized spacial score (nSPS) is 19.3. The summed E-state index contributed by atoms with van der Waals surface area (Å²) in [6, 6.07) is 14.3. The SMILES string of the molecule is C[C@@]1(c2cccc3ccccc23)NC(=O)N(Cc2cc(=O)n3ccsc3n2)C1=O. The molecule has 3 amide bonds. The van der Waals surface area contributed by atoms with E-state index in [9.17, 15) is 14.4 Å². The summed E-state index contributed by atoms with van der Waals surface area (Å²) < 4.78 is 1.43. The monoisotopic (exact) mass is 404 g/mol. The summed E-state index contributed by atoms with van der Waals surface area (Å²) in [5.41, 5.74) is -0.323. The van der Waals surface area contributed by atoms with Crippen molar-refractivity contribution in [3.8, 4) is 0 Å². The van der Waals surface area contributed by atoms with Crippen LogP contribution in [0.1, 0.15) is 18.2 Å². The number of nitrogens with zero attached hydrogens (tertiary/aromatic N) is 3. The molecule has 0 bridgehead atoms. The first-order valence-corrected chi connectivity index (χ1v) is 9.93. The van der Waals surface area contributed by atoms with Gasteiger partial charge in [0.25, 0.3) is 11.5 Å². The van der Waals surface area contributed by atoms with E-state index >= 15 is 0 Å². The molecule has 1 saturated heterocycles. The lowest BCUT2D eigenvalue weighted by Gasteiger charge is -2.24. The zero-order valence-corrected chi connectivity index (χ0v) is 16.3. The fraction of sp³-hybridized carbons (Fsp3) is 0.143. The Morgan fingerprint density at radius 1 is 1.10 bits per heavy atom. The van der Waals surface area contributed by atoms with Gasteiger partial charge in [-0.05, 0) is 23.3 Å². The van der Waals surface area contributed by atoms with E-state index in [0.29, 0.717) is 10.7 Å². The number of carbonyl (C=O) groups is 2. The van der Waals surface area contributed by atoms with Gasteiger partial charge >= 0.3 is 6.03 Å². The highest BCUT2D eigenvalue weighted by molar-refractivity contribution is 7.15. The van der Waals surface area contributed by atoms with Crippen LogP contribution in [-0.2, 0) is 16.9 Å². The van der Waals surface area contributed by atoms with Crippen LogP contribution in [0.3, 0.4) is 0 Å². The molecular weight excluding hydrogens is 388 g/mol. The van der Waals surface area contributed by atoms with Crippen LogP contribution in [0.4, 0.5) is 4.79 Å². The minimum atomic E-state index is -1.19. The zero-order valence-electron chi connectivity index (χ0n) is 15.5. The number of amides is 3. The van der Waals surface area contributed by atoms with Crippen molar-refractivity contribution < 1.29 is 9.59 Å². The maximum absolute atomic E-state index is 13.3. The Hall–Kier alpha value is -3.52. The highest BCUT2D eigenvalue weighted by atomic mass is 32.1. The number of rotatable bonds is 3. The third-order valence-corrected chi connectivity index (χ3v) is 6.04. The fourth-order valence-electron chi connectivity index (χ4n) is 3.82. The van der Waals surface area contributed by atoms with Crippen molar-refractivity contribution in [3.63, 3.8) is 0 Å². The Bertz CT molecular complexity index is 1350. The van der Waals surface area contributed by atoms with Gasteiger partial charge in [0.05, 0.1) is 12.2 Å². The minimum absolute atomic E-state index is 0.0609. The molecule has 2 aromatic carbocycles. The van der Waals surface area contributed by atoms with Crippen molar-refractivity contribution in [1.82, 2.24) is 19.6 Å². The van der Waals surface area contributed by atoms with E-state index < -0.39 is 11.6 Å². The van der Waals surface area contributed by atoms with Gasteiger partial charge in [0.2, 0.25) is 0 Å². The van der Waals surface area contributed by atoms with Crippen molar-refractivity contribution in [1.29, 1.82) is 0 Å². The summed E-state index contributed by atoms with van der Waals surface area (Å²) in [7, 11) is 0. The molecule has 1 atom stereocenters. The standard InChI is InChI=1S/C21H16N4O3S/c1-21(16-8-4-6-13-5-2-3-7-15(13)16)18(27)25(19(28)23-21)12-14-11-17(26)24-9-10-29-20(24)22-14/h2-11H,12H2,1H3,(H,23,28)/t21-/m0/s1. The summed E-state index contributed by atoms with van der Waals surface area (Å²) in [6.45, 7) is 1.65. The van der Waals surface area contributed by atoms with Crippen LogP contribution in [0.15, 0.2) is 64.9 Å². The highest BCUT2D eigenvalue weighted by Crippen LogP contribution is 2.34. The summed E-state index contributed by atoms with van der Waals surface area (Å²) >= 11 is 1.32. The number of thiazole rings is 1. The predicted molar refractivity (Wildman–Crippen MR) is 110 cm³/mol. The molecule has 0 saturated carbocycles. The van der Waals surface area contributed by atoms with Crippen molar-refractivity contribution >= 4 is 39.0 Å². The van der Waals surface area contributed by atoms with Crippen molar-refractivity contribution in [2.24, 2.45) is 0 Å². The molecule has 0 radical (unpaired) electrons. The molecule has 1 aliphatic rings. The third-order valence-electron chi connectivity index (χ3n) is 5.28. The van der Waals surface area contributed by atoms with E-state index in [1.165, 1.54) is 21.8 Å². The van der Waals surface area contributed by atoms with Crippen LogP contribution in [0.25, 0.3) is 15.7 Å². The lowest BCUT2D eigenvalue weighted by atomic mass is 9.88. The van der Waals surface area contributed by atoms with E-state index in [0.717, 1.165) is 21.2 Å². The molecule has 144 valence electrons. The zero-order chi connectivity index (χ0) is 20.2. The number of imide groups is 1. The van der Waals surface area contributed by atoms with Crippen molar-refractivity contribution in [2.45, 2.75) is 19.0 Å². The molecule has 1 aliphatic heterocycles. The van der Waals surface area contributed by atoms with E-state index in [-0.39, 0.29) is 18.0 Å². The maximum atomic E-state index is 13.3. The van der Waals surface area contributed by atoms with Crippen LogP contribution >= 0.6 is 11.3 Å². The van der Waals surface area contributed by atoms with E-state index in [1.54, 1.807) is 18.5 Å². The molecule has 8 heteroatoms. The van der Waals surface area contributed by atoms with Crippen LogP contribution in [0.2, 0.25) is 0 Å². The van der Waals surface area contributed by atoms with Crippen LogP contribution in [0, 0.1) is 0 Å². The number of carbonyl (C=O) groups excluding carboxylic acids is 2. The van der Waals surface area contributed by atoms with Gasteiger partial charge in [-0.15, -0.1) is 11.3 Å². The first-order chi connectivity index (χ1) is 14.0. The summed E-state index contributed by atoms with van der Waals surface area (Å²) in [6.07, 6.45) is 1.64. The number of benzene rings is 2. The van der Waals surface area contributed by atoms with Crippen LogP contribution in [-0.4, -0.2) is 26.2 Å². The quantitative estimate of drug-likeness (QED) is 0.532.